The number of methoxy groups -OCH3 is 2. The number of ether oxygens (including phenoxy) is 2. The Morgan fingerprint density at radius 3 is 2.69 bits per heavy atom. The summed E-state index contributed by atoms with van der Waals surface area (Å²) in [5.41, 5.74) is 0.105. The molecule has 0 radical (unpaired) electrons. The van der Waals surface area contributed by atoms with E-state index in [1.807, 2.05) is 0 Å². The van der Waals surface area contributed by atoms with Crippen LogP contribution in [0.2, 0.25) is 0 Å². The van der Waals surface area contributed by atoms with Gasteiger partial charge in [-0.1, -0.05) is 0 Å². The van der Waals surface area contributed by atoms with E-state index < -0.39 is 5.97 Å². The fourth-order valence-electron chi connectivity index (χ4n) is 0.903. The number of ketones is 1. The second kappa shape index (κ2) is 3.84. The van der Waals surface area contributed by atoms with Crippen LogP contribution in [-0.2, 0) is 19.1 Å². The lowest BCUT2D eigenvalue weighted by Crippen LogP contribution is -2.23. The lowest BCUT2D eigenvalue weighted by atomic mass is 10.1. The lowest BCUT2D eigenvalue weighted by molar-refractivity contribution is -0.133. The van der Waals surface area contributed by atoms with E-state index in [1.165, 1.54) is 20.4 Å². The maximum atomic E-state index is 11.2. The molecular weight excluding hydrogens is 174 g/mol. The number of Topliss-reactive ketones (excluding diaryl/α,β-unsaturated/α-hetero) is 1. The Balaban J connectivity index is 2.84. The number of aliphatic imine (C=N–C) groups is 1. The summed E-state index contributed by atoms with van der Waals surface area (Å²) in [6.45, 7) is 0. The first-order valence-corrected chi connectivity index (χ1v) is 3.61. The Hall–Kier alpha value is -1.65. The molecule has 13 heavy (non-hydrogen) atoms. The van der Waals surface area contributed by atoms with Crippen LogP contribution < -0.4 is 0 Å². The molecule has 5 heteroatoms. The summed E-state index contributed by atoms with van der Waals surface area (Å²) < 4.78 is 9.13. The summed E-state index contributed by atoms with van der Waals surface area (Å²) in [4.78, 5) is 25.8. The molecule has 0 atom stereocenters. The lowest BCUT2D eigenvalue weighted by Gasteiger charge is -2.09. The van der Waals surface area contributed by atoms with E-state index in [9.17, 15) is 9.59 Å². The molecule has 0 spiro atoms. The quantitative estimate of drug-likeness (QED) is 0.568. The molecule has 0 aromatic heterocycles. The molecule has 1 aliphatic heterocycles. The molecule has 0 aliphatic carbocycles. The average molecular weight is 183 g/mol. The van der Waals surface area contributed by atoms with E-state index in [1.54, 1.807) is 0 Å². The molecule has 0 amide bonds. The first-order chi connectivity index (χ1) is 6.19. The van der Waals surface area contributed by atoms with E-state index in [2.05, 4.69) is 9.73 Å². The Bertz CT molecular complexity index is 301. The average Bonchev–Trinajstić information content (AvgIpc) is 2.16. The molecule has 0 bridgehead atoms. The van der Waals surface area contributed by atoms with Crippen molar-refractivity contribution in [2.45, 2.75) is 6.42 Å². The minimum atomic E-state index is -0.584. The molecule has 0 aromatic rings. The van der Waals surface area contributed by atoms with E-state index in [0.717, 1.165) is 0 Å². The van der Waals surface area contributed by atoms with Crippen molar-refractivity contribution >= 4 is 17.5 Å². The van der Waals surface area contributed by atoms with E-state index in [-0.39, 0.29) is 23.7 Å². The zero-order valence-corrected chi connectivity index (χ0v) is 7.36. The Kier molecular flexibility index (Phi) is 2.79. The van der Waals surface area contributed by atoms with Crippen LogP contribution in [0.1, 0.15) is 6.42 Å². The summed E-state index contributed by atoms with van der Waals surface area (Å²) in [5, 5.41) is 0. The number of allylic oxidation sites excluding steroid dienone is 1. The molecule has 0 aromatic carbocycles. The molecule has 1 heterocycles. The van der Waals surface area contributed by atoms with Crippen LogP contribution in [0.15, 0.2) is 17.0 Å². The van der Waals surface area contributed by atoms with Crippen molar-refractivity contribution in [3.63, 3.8) is 0 Å². The van der Waals surface area contributed by atoms with Crippen LogP contribution in [0.4, 0.5) is 0 Å². The van der Waals surface area contributed by atoms with Crippen LogP contribution in [-0.4, -0.2) is 31.7 Å². The van der Waals surface area contributed by atoms with Crippen molar-refractivity contribution in [1.82, 2.24) is 0 Å². The van der Waals surface area contributed by atoms with E-state index in [0.29, 0.717) is 0 Å². The number of carbonyl (C=O) groups excluding carboxylic acids is 2. The summed E-state index contributed by atoms with van der Waals surface area (Å²) in [5.74, 6) is -0.690. The van der Waals surface area contributed by atoms with Gasteiger partial charge in [0.05, 0.1) is 26.8 Å². The zero-order valence-electron chi connectivity index (χ0n) is 7.36. The van der Waals surface area contributed by atoms with Crippen LogP contribution in [0.5, 0.6) is 0 Å². The summed E-state index contributed by atoms with van der Waals surface area (Å²) in [7, 11) is 2.62. The topological polar surface area (TPSA) is 65.0 Å². The highest BCUT2D eigenvalue weighted by molar-refractivity contribution is 6.41. The Labute approximate surface area is 75.0 Å². The number of carbonyl (C=O) groups is 2. The van der Waals surface area contributed by atoms with Crippen molar-refractivity contribution in [3.05, 3.63) is 12.0 Å². The maximum Gasteiger partial charge on any atom is 0.352 e. The number of hydrogen-bond acceptors (Lipinski definition) is 5. The predicted octanol–water partition coefficient (Wildman–Crippen LogP) is 0.0610. The molecule has 0 saturated carbocycles. The standard InChI is InChI=1S/C8H9NO4/c1-12-7-4-9-5(3-6(7)10)8(11)13-2/h4H,3H2,1-2H3. The van der Waals surface area contributed by atoms with Gasteiger partial charge in [0.2, 0.25) is 5.78 Å². The third-order valence-corrected chi connectivity index (χ3v) is 1.58. The van der Waals surface area contributed by atoms with Crippen molar-refractivity contribution in [3.8, 4) is 0 Å². The van der Waals surface area contributed by atoms with Crippen molar-refractivity contribution < 1.29 is 19.1 Å². The number of hydrogen-bond donors (Lipinski definition) is 0. The fraction of sp³-hybridized carbons (Fsp3) is 0.375. The van der Waals surface area contributed by atoms with Crippen molar-refractivity contribution in [2.75, 3.05) is 14.2 Å². The number of nitrogens with zero attached hydrogens (tertiary/aromatic N) is 1. The largest absolute Gasteiger partial charge is 0.491 e. The third-order valence-electron chi connectivity index (χ3n) is 1.58. The maximum absolute atomic E-state index is 11.2. The van der Waals surface area contributed by atoms with E-state index >= 15 is 0 Å². The van der Waals surface area contributed by atoms with Gasteiger partial charge in [-0.2, -0.15) is 0 Å². The molecule has 0 N–H and O–H groups in total. The van der Waals surface area contributed by atoms with Gasteiger partial charge in [-0.15, -0.1) is 0 Å². The normalized spacial score (nSPS) is 16.0. The third kappa shape index (κ3) is 1.93. The summed E-state index contributed by atoms with van der Waals surface area (Å²) >= 11 is 0. The molecule has 1 rings (SSSR count). The molecular formula is C8H9NO4. The van der Waals surface area contributed by atoms with Gasteiger partial charge in [-0.25, -0.2) is 9.79 Å². The van der Waals surface area contributed by atoms with Crippen LogP contribution in [0, 0.1) is 0 Å². The van der Waals surface area contributed by atoms with Gasteiger partial charge in [-0.3, -0.25) is 4.79 Å². The second-order valence-electron chi connectivity index (χ2n) is 2.36. The molecule has 0 unspecified atom stereocenters. The molecule has 1 aliphatic rings. The first-order valence-electron chi connectivity index (χ1n) is 3.61. The number of esters is 1. The molecule has 70 valence electrons. The predicted molar refractivity (Wildman–Crippen MR) is 44.2 cm³/mol. The van der Waals surface area contributed by atoms with Gasteiger partial charge in [0.15, 0.2) is 5.76 Å². The molecule has 0 saturated heterocycles. The summed E-state index contributed by atoms with van der Waals surface area (Å²) in [6.07, 6.45) is 1.16. The molecule has 0 fully saturated rings. The van der Waals surface area contributed by atoms with Crippen LogP contribution >= 0.6 is 0 Å². The van der Waals surface area contributed by atoms with Gasteiger partial charge in [0.25, 0.3) is 0 Å². The fourth-order valence-corrected chi connectivity index (χ4v) is 0.903. The van der Waals surface area contributed by atoms with Gasteiger partial charge < -0.3 is 9.47 Å². The van der Waals surface area contributed by atoms with Gasteiger partial charge in [-0.05, 0) is 0 Å². The second-order valence-corrected chi connectivity index (χ2v) is 2.36. The minimum Gasteiger partial charge on any atom is -0.491 e. The highest BCUT2D eigenvalue weighted by Crippen LogP contribution is 2.09. The SMILES string of the molecule is COC(=O)C1=NC=C(OC)C(=O)C1. The monoisotopic (exact) mass is 183 g/mol. The highest BCUT2D eigenvalue weighted by Gasteiger charge is 2.22. The van der Waals surface area contributed by atoms with Gasteiger partial charge in [0.1, 0.15) is 5.71 Å². The zero-order chi connectivity index (χ0) is 9.84. The van der Waals surface area contributed by atoms with Crippen molar-refractivity contribution in [2.24, 2.45) is 4.99 Å². The Morgan fingerprint density at radius 2 is 2.23 bits per heavy atom. The summed E-state index contributed by atoms with van der Waals surface area (Å²) in [6, 6.07) is 0. The Morgan fingerprint density at radius 1 is 1.54 bits per heavy atom. The van der Waals surface area contributed by atoms with Gasteiger partial charge in [0, 0.05) is 0 Å². The van der Waals surface area contributed by atoms with Gasteiger partial charge >= 0.3 is 5.97 Å². The number of rotatable bonds is 2. The molecule has 5 nitrogen and oxygen atoms in total. The minimum absolute atomic E-state index is 0.0631. The van der Waals surface area contributed by atoms with E-state index in [4.69, 9.17) is 4.74 Å². The van der Waals surface area contributed by atoms with Crippen molar-refractivity contribution in [1.29, 1.82) is 0 Å². The first kappa shape index (κ1) is 9.44. The smallest absolute Gasteiger partial charge is 0.352 e. The van der Waals surface area contributed by atoms with Crippen LogP contribution in [0.25, 0.3) is 0 Å². The highest BCUT2D eigenvalue weighted by atomic mass is 16.5. The van der Waals surface area contributed by atoms with Crippen LogP contribution in [0.3, 0.4) is 0 Å².